The van der Waals surface area contributed by atoms with Crippen molar-refractivity contribution >= 4 is 27.5 Å². The van der Waals surface area contributed by atoms with Crippen molar-refractivity contribution in [2.45, 2.75) is 13.0 Å². The minimum absolute atomic E-state index is 0.0656. The second-order valence-electron chi connectivity index (χ2n) is 4.67. The standard InChI is InChI=1S/C13H17BrN2O2/c1-9-6-15-12(8-17)13(18)16(7-9)11-4-2-10(14)3-5-11/h2-5,9,12,15,17H,6-8H2,1H3. The molecule has 2 rings (SSSR count). The molecule has 1 aliphatic rings. The van der Waals surface area contributed by atoms with E-state index in [4.69, 9.17) is 0 Å². The third-order valence-corrected chi connectivity index (χ3v) is 3.62. The summed E-state index contributed by atoms with van der Waals surface area (Å²) < 4.78 is 0.985. The normalized spacial score (nSPS) is 25.1. The molecule has 18 heavy (non-hydrogen) atoms. The monoisotopic (exact) mass is 312 g/mol. The molecule has 0 aromatic heterocycles. The van der Waals surface area contributed by atoms with Crippen LogP contribution in [0.15, 0.2) is 28.7 Å². The van der Waals surface area contributed by atoms with Crippen molar-refractivity contribution < 1.29 is 9.90 Å². The summed E-state index contributed by atoms with van der Waals surface area (Å²) in [7, 11) is 0. The van der Waals surface area contributed by atoms with Gasteiger partial charge in [-0.2, -0.15) is 0 Å². The third kappa shape index (κ3) is 2.91. The SMILES string of the molecule is CC1CNC(CO)C(=O)N(c2ccc(Br)cc2)C1. The molecule has 1 aliphatic heterocycles. The summed E-state index contributed by atoms with van der Waals surface area (Å²) in [6, 6.07) is 7.15. The Hall–Kier alpha value is -0.910. The van der Waals surface area contributed by atoms with Crippen LogP contribution in [-0.2, 0) is 4.79 Å². The van der Waals surface area contributed by atoms with E-state index in [1.165, 1.54) is 0 Å². The van der Waals surface area contributed by atoms with Gasteiger partial charge in [0.15, 0.2) is 0 Å². The van der Waals surface area contributed by atoms with Crippen LogP contribution in [0, 0.1) is 5.92 Å². The Labute approximate surface area is 115 Å². The summed E-state index contributed by atoms with van der Waals surface area (Å²) in [5.41, 5.74) is 0.872. The first-order valence-electron chi connectivity index (χ1n) is 6.03. The van der Waals surface area contributed by atoms with Gasteiger partial charge >= 0.3 is 0 Å². The zero-order valence-corrected chi connectivity index (χ0v) is 11.9. The zero-order valence-electron chi connectivity index (χ0n) is 10.3. The molecule has 1 saturated heterocycles. The van der Waals surface area contributed by atoms with Gasteiger partial charge in [-0.25, -0.2) is 0 Å². The van der Waals surface area contributed by atoms with Gasteiger partial charge in [-0.05, 0) is 30.2 Å². The van der Waals surface area contributed by atoms with Crippen molar-refractivity contribution in [2.24, 2.45) is 5.92 Å². The second kappa shape index (κ2) is 5.82. The van der Waals surface area contributed by atoms with E-state index < -0.39 is 6.04 Å². The molecule has 98 valence electrons. The first-order valence-corrected chi connectivity index (χ1v) is 6.82. The van der Waals surface area contributed by atoms with Gasteiger partial charge in [-0.3, -0.25) is 4.79 Å². The van der Waals surface area contributed by atoms with E-state index in [1.54, 1.807) is 4.90 Å². The number of anilines is 1. The Morgan fingerprint density at radius 2 is 2.11 bits per heavy atom. The Morgan fingerprint density at radius 1 is 1.44 bits per heavy atom. The van der Waals surface area contributed by atoms with Crippen LogP contribution in [0.1, 0.15) is 6.92 Å². The lowest BCUT2D eigenvalue weighted by atomic mass is 10.1. The Balaban J connectivity index is 2.27. The summed E-state index contributed by atoms with van der Waals surface area (Å²) in [6.45, 7) is 3.33. The molecule has 2 atom stereocenters. The van der Waals surface area contributed by atoms with E-state index in [1.807, 2.05) is 24.3 Å². The molecule has 1 heterocycles. The smallest absolute Gasteiger partial charge is 0.246 e. The van der Waals surface area contributed by atoms with Crippen LogP contribution in [0.2, 0.25) is 0 Å². The minimum atomic E-state index is -0.501. The predicted octanol–water partition coefficient (Wildman–Crippen LogP) is 1.38. The fraction of sp³-hybridized carbons (Fsp3) is 0.462. The van der Waals surface area contributed by atoms with Gasteiger partial charge in [-0.15, -0.1) is 0 Å². The van der Waals surface area contributed by atoms with E-state index in [0.717, 1.165) is 16.7 Å². The Bertz CT molecular complexity index is 422. The van der Waals surface area contributed by atoms with Gasteiger partial charge in [0.25, 0.3) is 0 Å². The van der Waals surface area contributed by atoms with Crippen LogP contribution in [0.5, 0.6) is 0 Å². The number of aliphatic hydroxyl groups excluding tert-OH is 1. The molecule has 5 heteroatoms. The number of nitrogens with zero attached hydrogens (tertiary/aromatic N) is 1. The number of rotatable bonds is 2. The van der Waals surface area contributed by atoms with Crippen LogP contribution in [0.25, 0.3) is 0 Å². The molecular weight excluding hydrogens is 296 g/mol. The predicted molar refractivity (Wildman–Crippen MR) is 74.5 cm³/mol. The van der Waals surface area contributed by atoms with Crippen molar-refractivity contribution in [1.82, 2.24) is 5.32 Å². The lowest BCUT2D eigenvalue weighted by Gasteiger charge is -2.24. The maximum atomic E-state index is 12.3. The molecule has 0 bridgehead atoms. The van der Waals surface area contributed by atoms with E-state index >= 15 is 0 Å². The number of benzene rings is 1. The van der Waals surface area contributed by atoms with Crippen molar-refractivity contribution in [3.8, 4) is 0 Å². The number of aliphatic hydroxyl groups is 1. The number of amides is 1. The lowest BCUT2D eigenvalue weighted by Crippen LogP contribution is -2.45. The molecule has 0 spiro atoms. The molecule has 0 aliphatic carbocycles. The molecule has 2 N–H and O–H groups in total. The highest BCUT2D eigenvalue weighted by molar-refractivity contribution is 9.10. The molecule has 0 radical (unpaired) electrons. The first-order chi connectivity index (χ1) is 8.61. The average molecular weight is 313 g/mol. The topological polar surface area (TPSA) is 52.6 Å². The van der Waals surface area contributed by atoms with Crippen molar-refractivity contribution in [3.05, 3.63) is 28.7 Å². The van der Waals surface area contributed by atoms with Crippen molar-refractivity contribution in [3.63, 3.8) is 0 Å². The quantitative estimate of drug-likeness (QED) is 0.867. The number of carbonyl (C=O) groups excluding carboxylic acids is 1. The molecule has 0 saturated carbocycles. The molecule has 2 unspecified atom stereocenters. The number of nitrogens with one attached hydrogen (secondary N) is 1. The lowest BCUT2D eigenvalue weighted by molar-refractivity contribution is -0.121. The van der Waals surface area contributed by atoms with E-state index in [9.17, 15) is 9.90 Å². The maximum Gasteiger partial charge on any atom is 0.246 e. The fourth-order valence-corrected chi connectivity index (χ4v) is 2.35. The fourth-order valence-electron chi connectivity index (χ4n) is 2.08. The zero-order chi connectivity index (χ0) is 13.1. The summed E-state index contributed by atoms with van der Waals surface area (Å²) in [5, 5.41) is 12.4. The van der Waals surface area contributed by atoms with Gasteiger partial charge in [0, 0.05) is 23.2 Å². The van der Waals surface area contributed by atoms with Crippen molar-refractivity contribution in [2.75, 3.05) is 24.6 Å². The van der Waals surface area contributed by atoms with E-state index in [-0.39, 0.29) is 12.5 Å². The maximum absolute atomic E-state index is 12.3. The molecule has 4 nitrogen and oxygen atoms in total. The molecular formula is C13H17BrN2O2. The first kappa shape index (κ1) is 13.5. The Morgan fingerprint density at radius 3 is 2.72 bits per heavy atom. The molecule has 1 amide bonds. The number of halogens is 1. The minimum Gasteiger partial charge on any atom is -0.394 e. The number of carbonyl (C=O) groups is 1. The summed E-state index contributed by atoms with van der Waals surface area (Å²) in [5.74, 6) is 0.290. The average Bonchev–Trinajstić information content (AvgIpc) is 2.50. The highest BCUT2D eigenvalue weighted by Crippen LogP contribution is 2.21. The summed E-state index contributed by atoms with van der Waals surface area (Å²) in [4.78, 5) is 14.0. The Kier molecular flexibility index (Phi) is 4.37. The molecule has 1 fully saturated rings. The van der Waals surface area contributed by atoms with Gasteiger partial charge in [0.1, 0.15) is 6.04 Å². The summed E-state index contributed by atoms with van der Waals surface area (Å²) in [6.07, 6.45) is 0. The number of hydrogen-bond donors (Lipinski definition) is 2. The number of hydrogen-bond acceptors (Lipinski definition) is 3. The van der Waals surface area contributed by atoms with Crippen LogP contribution in [-0.4, -0.2) is 36.8 Å². The molecule has 1 aromatic carbocycles. The largest absolute Gasteiger partial charge is 0.394 e. The van der Waals surface area contributed by atoms with Crippen LogP contribution in [0.3, 0.4) is 0 Å². The van der Waals surface area contributed by atoms with E-state index in [0.29, 0.717) is 12.5 Å². The van der Waals surface area contributed by atoms with Crippen LogP contribution in [0.4, 0.5) is 5.69 Å². The van der Waals surface area contributed by atoms with Crippen molar-refractivity contribution in [1.29, 1.82) is 0 Å². The second-order valence-corrected chi connectivity index (χ2v) is 5.59. The molecule has 1 aromatic rings. The van der Waals surface area contributed by atoms with E-state index in [2.05, 4.69) is 28.2 Å². The highest BCUT2D eigenvalue weighted by Gasteiger charge is 2.29. The van der Waals surface area contributed by atoms with Gasteiger partial charge in [-0.1, -0.05) is 22.9 Å². The van der Waals surface area contributed by atoms with Gasteiger partial charge < -0.3 is 15.3 Å². The summed E-state index contributed by atoms with van der Waals surface area (Å²) >= 11 is 3.38. The van der Waals surface area contributed by atoms with Crippen LogP contribution < -0.4 is 10.2 Å². The van der Waals surface area contributed by atoms with Gasteiger partial charge in [0.05, 0.1) is 6.61 Å². The van der Waals surface area contributed by atoms with Gasteiger partial charge in [0.2, 0.25) is 5.91 Å². The highest BCUT2D eigenvalue weighted by atomic mass is 79.9. The van der Waals surface area contributed by atoms with Crippen LogP contribution >= 0.6 is 15.9 Å². The third-order valence-electron chi connectivity index (χ3n) is 3.09.